The van der Waals surface area contributed by atoms with Gasteiger partial charge in [-0.3, -0.25) is 9.38 Å². The van der Waals surface area contributed by atoms with Crippen molar-refractivity contribution in [3.8, 4) is 11.1 Å². The normalized spacial score (nSPS) is 12.5. The number of nitrogens with zero attached hydrogens (tertiary/aromatic N) is 4. The van der Waals surface area contributed by atoms with Gasteiger partial charge in [-0.1, -0.05) is 6.07 Å². The van der Waals surface area contributed by atoms with Gasteiger partial charge in [-0.2, -0.15) is 4.98 Å². The number of nitrogens with two attached hydrogens (primary N) is 1. The Kier molecular flexibility index (Phi) is 3.70. The summed E-state index contributed by atoms with van der Waals surface area (Å²) in [4.78, 5) is 12.6. The topological polar surface area (TPSA) is 114 Å². The summed E-state index contributed by atoms with van der Waals surface area (Å²) in [5, 5.41) is 13.6. The fourth-order valence-electron chi connectivity index (χ4n) is 3.18. The van der Waals surface area contributed by atoms with Crippen LogP contribution in [-0.4, -0.2) is 24.5 Å². The van der Waals surface area contributed by atoms with E-state index in [1.54, 1.807) is 24.7 Å². The van der Waals surface area contributed by atoms with Crippen molar-refractivity contribution >= 4 is 28.4 Å². The number of fused-ring (bicyclic) bond motifs is 2. The van der Waals surface area contributed by atoms with Crippen molar-refractivity contribution in [3.63, 3.8) is 0 Å². The third kappa shape index (κ3) is 2.81. The smallest absolute Gasteiger partial charge is 0.292 e. The Morgan fingerprint density at radius 1 is 1.11 bits per heavy atom. The molecule has 0 aliphatic rings. The summed E-state index contributed by atoms with van der Waals surface area (Å²) in [6.45, 7) is 0. The van der Waals surface area contributed by atoms with Gasteiger partial charge >= 0.3 is 0 Å². The Balaban J connectivity index is 1.53. The maximum atomic E-state index is 10.6. The van der Waals surface area contributed by atoms with E-state index in [0.29, 0.717) is 16.8 Å². The molecule has 138 valence electrons. The molecule has 0 aliphatic carbocycles. The summed E-state index contributed by atoms with van der Waals surface area (Å²) in [5.74, 6) is 0. The van der Waals surface area contributed by atoms with Crippen LogP contribution >= 0.6 is 0 Å². The molecule has 0 aliphatic heterocycles. The molecular weight excluding hydrogens is 356 g/mol. The average molecular weight is 372 g/mol. The van der Waals surface area contributed by atoms with E-state index >= 15 is 0 Å². The highest BCUT2D eigenvalue weighted by Gasteiger charge is 2.14. The number of pyridine rings is 2. The van der Waals surface area contributed by atoms with Crippen molar-refractivity contribution in [1.82, 2.24) is 19.4 Å². The van der Waals surface area contributed by atoms with Gasteiger partial charge in [0.05, 0.1) is 23.8 Å². The zero-order valence-electron chi connectivity index (χ0n) is 14.6. The minimum Gasteiger partial charge on any atom is -0.424 e. The van der Waals surface area contributed by atoms with Crippen molar-refractivity contribution in [3.05, 3.63) is 72.9 Å². The van der Waals surface area contributed by atoms with E-state index in [1.165, 1.54) is 0 Å². The van der Waals surface area contributed by atoms with Crippen LogP contribution in [0.3, 0.4) is 0 Å². The molecule has 0 saturated carbocycles. The van der Waals surface area contributed by atoms with Gasteiger partial charge in [-0.05, 0) is 47.5 Å². The first kappa shape index (κ1) is 16.3. The lowest BCUT2D eigenvalue weighted by Gasteiger charge is -2.14. The van der Waals surface area contributed by atoms with E-state index in [1.807, 2.05) is 47.0 Å². The first-order valence-corrected chi connectivity index (χ1v) is 8.65. The summed E-state index contributed by atoms with van der Waals surface area (Å²) < 4.78 is 7.18. The summed E-state index contributed by atoms with van der Waals surface area (Å²) in [5.41, 5.74) is 10.9. The number of hydrogen-bond acceptors (Lipinski definition) is 7. The standard InChI is InChI=1S/C20H16N6O2/c21-20-25-15-8-12(3-5-17(15)28-20)13-4-6-18-23-10-16(26(18)11-13)19(27)24-14-2-1-7-22-9-14/h1-11,19,24,27H,(H2,21,25). The zero-order valence-corrected chi connectivity index (χ0v) is 14.6. The molecule has 0 spiro atoms. The predicted octanol–water partition coefficient (Wildman–Crippen LogP) is 3.22. The van der Waals surface area contributed by atoms with Crippen molar-refractivity contribution in [2.75, 3.05) is 11.1 Å². The number of aliphatic hydroxyl groups excluding tert-OH is 1. The molecule has 5 aromatic rings. The van der Waals surface area contributed by atoms with Gasteiger partial charge < -0.3 is 20.6 Å². The second kappa shape index (κ2) is 6.36. The lowest BCUT2D eigenvalue weighted by atomic mass is 10.1. The molecular formula is C20H16N6O2. The predicted molar refractivity (Wildman–Crippen MR) is 105 cm³/mol. The molecule has 28 heavy (non-hydrogen) atoms. The van der Waals surface area contributed by atoms with Crippen molar-refractivity contribution < 1.29 is 9.52 Å². The number of oxazole rings is 1. The molecule has 4 heterocycles. The molecule has 0 amide bonds. The Bertz CT molecular complexity index is 1280. The number of aromatic nitrogens is 4. The largest absolute Gasteiger partial charge is 0.424 e. The minimum atomic E-state index is -0.938. The Hall–Kier alpha value is -3.91. The number of hydrogen-bond donors (Lipinski definition) is 3. The van der Waals surface area contributed by atoms with Crippen LogP contribution in [0.1, 0.15) is 11.9 Å². The number of imidazole rings is 1. The molecule has 8 nitrogen and oxygen atoms in total. The Labute approximate surface area is 159 Å². The van der Waals surface area contributed by atoms with E-state index in [9.17, 15) is 5.11 Å². The quantitative estimate of drug-likeness (QED) is 0.415. The molecule has 0 saturated heterocycles. The second-order valence-corrected chi connectivity index (χ2v) is 6.35. The molecule has 1 unspecified atom stereocenters. The first-order valence-electron chi connectivity index (χ1n) is 8.65. The van der Waals surface area contributed by atoms with Gasteiger partial charge in [0.25, 0.3) is 6.01 Å². The third-order valence-electron chi connectivity index (χ3n) is 4.52. The number of rotatable bonds is 4. The number of nitrogen functional groups attached to an aromatic ring is 1. The Morgan fingerprint density at radius 2 is 2.00 bits per heavy atom. The minimum absolute atomic E-state index is 0.143. The van der Waals surface area contributed by atoms with Crippen LogP contribution in [0.4, 0.5) is 11.7 Å². The van der Waals surface area contributed by atoms with Crippen molar-refractivity contribution in [1.29, 1.82) is 0 Å². The number of anilines is 2. The fourth-order valence-corrected chi connectivity index (χ4v) is 3.18. The monoisotopic (exact) mass is 372 g/mol. The van der Waals surface area contributed by atoms with E-state index in [0.717, 1.165) is 22.5 Å². The van der Waals surface area contributed by atoms with Gasteiger partial charge in [0.15, 0.2) is 11.8 Å². The Morgan fingerprint density at radius 3 is 2.86 bits per heavy atom. The lowest BCUT2D eigenvalue weighted by Crippen LogP contribution is -2.12. The van der Waals surface area contributed by atoms with Crippen molar-refractivity contribution in [2.45, 2.75) is 6.23 Å². The van der Waals surface area contributed by atoms with E-state index in [-0.39, 0.29) is 6.01 Å². The second-order valence-electron chi connectivity index (χ2n) is 6.35. The van der Waals surface area contributed by atoms with E-state index in [4.69, 9.17) is 10.2 Å². The van der Waals surface area contributed by atoms with Crippen LogP contribution in [0.15, 0.2) is 71.7 Å². The molecule has 0 fully saturated rings. The zero-order chi connectivity index (χ0) is 19.1. The molecule has 0 bridgehead atoms. The summed E-state index contributed by atoms with van der Waals surface area (Å²) in [6.07, 6.45) is 5.96. The van der Waals surface area contributed by atoms with Gasteiger partial charge in [-0.25, -0.2) is 4.98 Å². The maximum absolute atomic E-state index is 10.6. The van der Waals surface area contributed by atoms with Gasteiger partial charge in [0, 0.05) is 12.4 Å². The van der Waals surface area contributed by atoms with Crippen LogP contribution < -0.4 is 11.1 Å². The number of nitrogens with one attached hydrogen (secondary N) is 1. The SMILES string of the molecule is Nc1nc2cc(-c3ccc4ncc(C(O)Nc5cccnc5)n4c3)ccc2o1. The molecule has 5 rings (SSSR count). The molecule has 0 radical (unpaired) electrons. The van der Waals surface area contributed by atoms with Gasteiger partial charge in [-0.15, -0.1) is 0 Å². The highest BCUT2D eigenvalue weighted by molar-refractivity contribution is 5.81. The summed E-state index contributed by atoms with van der Waals surface area (Å²) in [6, 6.07) is 13.3. The molecule has 1 atom stereocenters. The average Bonchev–Trinajstić information content (AvgIpc) is 3.29. The van der Waals surface area contributed by atoms with Crippen LogP contribution in [0, 0.1) is 0 Å². The van der Waals surface area contributed by atoms with Crippen LogP contribution in [0.2, 0.25) is 0 Å². The maximum Gasteiger partial charge on any atom is 0.292 e. The van der Waals surface area contributed by atoms with Crippen LogP contribution in [-0.2, 0) is 0 Å². The lowest BCUT2D eigenvalue weighted by molar-refractivity contribution is 0.202. The van der Waals surface area contributed by atoms with Crippen LogP contribution in [0.5, 0.6) is 0 Å². The number of benzene rings is 1. The van der Waals surface area contributed by atoms with E-state index < -0.39 is 6.23 Å². The molecule has 4 aromatic heterocycles. The van der Waals surface area contributed by atoms with Gasteiger partial charge in [0.2, 0.25) is 0 Å². The van der Waals surface area contributed by atoms with Crippen molar-refractivity contribution in [2.24, 2.45) is 0 Å². The molecule has 8 heteroatoms. The van der Waals surface area contributed by atoms with E-state index in [2.05, 4.69) is 20.3 Å². The highest BCUT2D eigenvalue weighted by atomic mass is 16.4. The molecule has 4 N–H and O–H groups in total. The summed E-state index contributed by atoms with van der Waals surface area (Å²) >= 11 is 0. The fraction of sp³-hybridized carbons (Fsp3) is 0.0500. The molecule has 1 aromatic carbocycles. The summed E-state index contributed by atoms with van der Waals surface area (Å²) in [7, 11) is 0. The first-order chi connectivity index (χ1) is 13.7. The van der Waals surface area contributed by atoms with Gasteiger partial charge in [0.1, 0.15) is 11.2 Å². The highest BCUT2D eigenvalue weighted by Crippen LogP contribution is 2.27. The van der Waals surface area contributed by atoms with Crippen LogP contribution in [0.25, 0.3) is 27.9 Å². The number of aliphatic hydroxyl groups is 1. The third-order valence-corrected chi connectivity index (χ3v) is 4.52.